The van der Waals surface area contributed by atoms with Crippen molar-refractivity contribution in [1.29, 1.82) is 0 Å². The fourth-order valence-corrected chi connectivity index (χ4v) is 9.46. The summed E-state index contributed by atoms with van der Waals surface area (Å²) < 4.78 is 18.1. The van der Waals surface area contributed by atoms with Crippen LogP contribution in [0.5, 0.6) is 0 Å². The normalized spacial score (nSPS) is 24.1. The topological polar surface area (TPSA) is 47.9 Å². The number of methoxy groups -OCH3 is 1. The molecule has 3 rings (SSSR count). The van der Waals surface area contributed by atoms with Crippen LogP contribution in [0.2, 0.25) is 5.04 Å². The number of hydrogen-bond donors (Lipinski definition) is 1. The molecule has 1 N–H and O–H groups in total. The molecule has 1 fully saturated rings. The molecule has 0 amide bonds. The average molecular weight is 439 g/mol. The van der Waals surface area contributed by atoms with E-state index in [1.54, 1.807) is 7.11 Å². The molecule has 3 atom stereocenters. The van der Waals surface area contributed by atoms with E-state index in [0.717, 1.165) is 0 Å². The Morgan fingerprint density at radius 1 is 1.06 bits per heavy atom. The molecule has 4 nitrogen and oxygen atoms in total. The van der Waals surface area contributed by atoms with Gasteiger partial charge in [-0.05, 0) is 21.8 Å². The first-order chi connectivity index (χ1) is 14.8. The largest absolute Gasteiger partial charge is 0.406 e. The first kappa shape index (κ1) is 23.7. The zero-order valence-electron chi connectivity index (χ0n) is 19.0. The van der Waals surface area contributed by atoms with Gasteiger partial charge in [-0.3, -0.25) is 0 Å². The Balaban J connectivity index is 2.06. The average Bonchev–Trinajstić information content (AvgIpc) is 3.09. The Labute approximate surface area is 187 Å². The van der Waals surface area contributed by atoms with Gasteiger partial charge in [0.1, 0.15) is 6.79 Å². The van der Waals surface area contributed by atoms with Crippen LogP contribution >= 0.6 is 0 Å². The molecular weight excluding hydrogens is 404 g/mol. The van der Waals surface area contributed by atoms with Gasteiger partial charge in [-0.25, -0.2) is 0 Å². The summed E-state index contributed by atoms with van der Waals surface area (Å²) in [6, 6.07) is 21.0. The Bertz CT molecular complexity index is 832. The molecule has 1 aliphatic carbocycles. The summed E-state index contributed by atoms with van der Waals surface area (Å²) in [5, 5.41) is 12.7. The molecule has 0 spiro atoms. The molecule has 2 aromatic carbocycles. The van der Waals surface area contributed by atoms with Gasteiger partial charge < -0.3 is 19.0 Å². The number of ether oxygens (including phenoxy) is 2. The van der Waals surface area contributed by atoms with Crippen molar-refractivity contribution in [1.82, 2.24) is 0 Å². The van der Waals surface area contributed by atoms with Crippen molar-refractivity contribution >= 4 is 18.7 Å². The number of rotatable bonds is 8. The van der Waals surface area contributed by atoms with Crippen LogP contribution in [-0.4, -0.2) is 46.1 Å². The van der Waals surface area contributed by atoms with Crippen molar-refractivity contribution in [2.75, 3.05) is 20.5 Å². The maximum Gasteiger partial charge on any atom is 0.261 e. The van der Waals surface area contributed by atoms with Gasteiger partial charge >= 0.3 is 0 Å². The van der Waals surface area contributed by atoms with Gasteiger partial charge in [0.05, 0.1) is 24.2 Å². The van der Waals surface area contributed by atoms with Gasteiger partial charge in [-0.2, -0.15) is 0 Å². The molecule has 166 valence electrons. The predicted molar refractivity (Wildman–Crippen MR) is 127 cm³/mol. The maximum absolute atomic E-state index is 10.4. The second-order valence-corrected chi connectivity index (χ2v) is 13.7. The van der Waals surface area contributed by atoms with E-state index in [-0.39, 0.29) is 17.9 Å². The Kier molecular flexibility index (Phi) is 7.41. The first-order valence-electron chi connectivity index (χ1n) is 10.8. The van der Waals surface area contributed by atoms with Crippen LogP contribution in [0, 0.1) is 17.8 Å². The second-order valence-electron chi connectivity index (χ2n) is 9.41. The SMILES string of the molecule is C#C[C@]1(CO[Si](c2ccccc2)(c2ccccc2)C(C)(C)C)C[C@H](O)C[C@@H]1OCOC. The van der Waals surface area contributed by atoms with Crippen molar-refractivity contribution in [3.63, 3.8) is 0 Å². The number of aliphatic hydroxyl groups excluding tert-OH is 1. The third kappa shape index (κ3) is 4.64. The van der Waals surface area contributed by atoms with Gasteiger partial charge in [-0.1, -0.05) is 87.4 Å². The van der Waals surface area contributed by atoms with Gasteiger partial charge in [0, 0.05) is 13.5 Å². The quantitative estimate of drug-likeness (QED) is 0.390. The van der Waals surface area contributed by atoms with Gasteiger partial charge in [0.15, 0.2) is 0 Å². The summed E-state index contributed by atoms with van der Waals surface area (Å²) in [6.45, 7) is 7.18. The van der Waals surface area contributed by atoms with E-state index in [1.165, 1.54) is 10.4 Å². The molecule has 0 aromatic heterocycles. The second kappa shape index (κ2) is 9.68. The van der Waals surface area contributed by atoms with E-state index in [2.05, 4.69) is 75.2 Å². The number of benzene rings is 2. The lowest BCUT2D eigenvalue weighted by Gasteiger charge is -2.45. The van der Waals surface area contributed by atoms with Gasteiger partial charge in [-0.15, -0.1) is 6.42 Å². The summed E-state index contributed by atoms with van der Waals surface area (Å²) in [5.74, 6) is 2.95. The van der Waals surface area contributed by atoms with Crippen molar-refractivity contribution in [2.45, 2.75) is 50.9 Å². The maximum atomic E-state index is 10.4. The smallest absolute Gasteiger partial charge is 0.261 e. The molecule has 0 radical (unpaired) electrons. The highest BCUT2D eigenvalue weighted by molar-refractivity contribution is 6.99. The van der Waals surface area contributed by atoms with Crippen LogP contribution < -0.4 is 10.4 Å². The van der Waals surface area contributed by atoms with Gasteiger partial charge in [0.25, 0.3) is 8.32 Å². The lowest BCUT2D eigenvalue weighted by molar-refractivity contribution is -0.103. The molecule has 0 saturated heterocycles. The van der Waals surface area contributed by atoms with Gasteiger partial charge in [0.2, 0.25) is 0 Å². The third-order valence-electron chi connectivity index (χ3n) is 6.34. The van der Waals surface area contributed by atoms with Crippen molar-refractivity contribution in [2.24, 2.45) is 5.41 Å². The van der Waals surface area contributed by atoms with E-state index in [0.29, 0.717) is 19.4 Å². The lowest BCUT2D eigenvalue weighted by atomic mass is 9.86. The Morgan fingerprint density at radius 2 is 1.61 bits per heavy atom. The fourth-order valence-electron chi connectivity index (χ4n) is 4.83. The summed E-state index contributed by atoms with van der Waals surface area (Å²) in [5.41, 5.74) is -0.703. The van der Waals surface area contributed by atoms with Crippen LogP contribution in [0.3, 0.4) is 0 Å². The summed E-state index contributed by atoms with van der Waals surface area (Å²) >= 11 is 0. The highest BCUT2D eigenvalue weighted by Gasteiger charge is 2.54. The standard InChI is InChI=1S/C26H34O4Si/c1-6-26(18-21(27)17-24(26)29-20-28-5)19-30-31(25(2,3)4,22-13-9-7-10-14-22)23-15-11-8-12-16-23/h1,7-16,21,24,27H,17-20H2,2-5H3/t21-,24+,26-/m1/s1. The highest BCUT2D eigenvalue weighted by atomic mass is 28.4. The Morgan fingerprint density at radius 3 is 2.06 bits per heavy atom. The van der Waals surface area contributed by atoms with Crippen molar-refractivity contribution in [3.8, 4) is 12.3 Å². The summed E-state index contributed by atoms with van der Waals surface area (Å²) in [4.78, 5) is 0. The zero-order chi connectivity index (χ0) is 22.5. The van der Waals surface area contributed by atoms with Crippen LogP contribution in [0.15, 0.2) is 60.7 Å². The molecule has 1 saturated carbocycles. The molecule has 1 aliphatic rings. The van der Waals surface area contributed by atoms with E-state index >= 15 is 0 Å². The lowest BCUT2D eigenvalue weighted by Crippen LogP contribution is -2.67. The first-order valence-corrected chi connectivity index (χ1v) is 12.7. The molecule has 0 aliphatic heterocycles. The van der Waals surface area contributed by atoms with Crippen LogP contribution in [-0.2, 0) is 13.9 Å². The summed E-state index contributed by atoms with van der Waals surface area (Å²) in [7, 11) is -1.14. The molecule has 0 heterocycles. The molecule has 0 unspecified atom stereocenters. The number of terminal acetylenes is 1. The number of hydrogen-bond acceptors (Lipinski definition) is 4. The molecule has 2 aromatic rings. The predicted octanol–water partition coefficient (Wildman–Crippen LogP) is 3.33. The van der Waals surface area contributed by atoms with Crippen LogP contribution in [0.1, 0.15) is 33.6 Å². The van der Waals surface area contributed by atoms with Crippen molar-refractivity contribution < 1.29 is 19.0 Å². The van der Waals surface area contributed by atoms with E-state index in [4.69, 9.17) is 20.3 Å². The van der Waals surface area contributed by atoms with Crippen molar-refractivity contribution in [3.05, 3.63) is 60.7 Å². The zero-order valence-corrected chi connectivity index (χ0v) is 20.0. The molecular formula is C26H34O4Si. The minimum Gasteiger partial charge on any atom is -0.406 e. The Hall–Kier alpha value is -1.94. The van der Waals surface area contributed by atoms with Crippen LogP contribution in [0.25, 0.3) is 0 Å². The number of aliphatic hydroxyl groups is 1. The fraction of sp³-hybridized carbons (Fsp3) is 0.462. The van der Waals surface area contributed by atoms with Crippen LogP contribution in [0.4, 0.5) is 0 Å². The van der Waals surface area contributed by atoms with E-state index < -0.39 is 19.8 Å². The molecule has 31 heavy (non-hydrogen) atoms. The molecule has 0 bridgehead atoms. The minimum atomic E-state index is -2.73. The van der Waals surface area contributed by atoms with E-state index in [9.17, 15) is 5.11 Å². The van der Waals surface area contributed by atoms with E-state index in [1.807, 2.05) is 12.1 Å². The third-order valence-corrected chi connectivity index (χ3v) is 11.3. The molecule has 5 heteroatoms. The minimum absolute atomic E-state index is 0.139. The monoisotopic (exact) mass is 438 g/mol. The highest BCUT2D eigenvalue weighted by Crippen LogP contribution is 2.43. The summed E-state index contributed by atoms with van der Waals surface area (Å²) in [6.07, 6.45) is 6.17.